The first-order chi connectivity index (χ1) is 13.4. The van der Waals surface area contributed by atoms with E-state index in [-0.39, 0.29) is 27.1 Å². The fourth-order valence-corrected chi connectivity index (χ4v) is 5.77. The van der Waals surface area contributed by atoms with Crippen molar-refractivity contribution in [1.82, 2.24) is 14.1 Å². The predicted octanol–water partition coefficient (Wildman–Crippen LogP) is 2.87. The zero-order valence-corrected chi connectivity index (χ0v) is 17.3. The zero-order chi connectivity index (χ0) is 19.9. The molecule has 2 aliphatic rings. The molecule has 0 N–H and O–H groups in total. The van der Waals surface area contributed by atoms with Crippen LogP contribution >= 0.6 is 23.2 Å². The molecule has 1 aromatic heterocycles. The third-order valence-electron chi connectivity index (χ3n) is 5.25. The van der Waals surface area contributed by atoms with Gasteiger partial charge in [0.1, 0.15) is 5.02 Å². The van der Waals surface area contributed by atoms with Gasteiger partial charge < -0.3 is 4.74 Å². The predicted molar refractivity (Wildman–Crippen MR) is 106 cm³/mol. The number of hydrogen-bond acceptors (Lipinski definition) is 5. The average molecular weight is 444 g/mol. The fraction of sp³-hybridized carbons (Fsp3) is 0.444. The van der Waals surface area contributed by atoms with Crippen molar-refractivity contribution in [3.05, 3.63) is 50.9 Å². The first kappa shape index (κ1) is 19.8. The van der Waals surface area contributed by atoms with E-state index in [9.17, 15) is 13.2 Å². The van der Waals surface area contributed by atoms with Gasteiger partial charge in [-0.15, -0.1) is 0 Å². The lowest BCUT2D eigenvalue weighted by atomic mass is 9.91. The van der Waals surface area contributed by atoms with Gasteiger partial charge in [0.2, 0.25) is 10.0 Å². The molecule has 1 saturated carbocycles. The summed E-state index contributed by atoms with van der Waals surface area (Å²) in [4.78, 5) is 12.4. The SMILES string of the molecule is O=c1c(Cl)c(Cl)cnn1-c1ccc(S(=O)(=O)N2CCO[C@@H]3CCCC[C@@H]32)cc1. The largest absolute Gasteiger partial charge is 0.375 e. The van der Waals surface area contributed by atoms with Gasteiger partial charge in [-0.3, -0.25) is 4.79 Å². The number of hydrogen-bond donors (Lipinski definition) is 0. The molecule has 28 heavy (non-hydrogen) atoms. The Kier molecular flexibility index (Phi) is 5.50. The van der Waals surface area contributed by atoms with Gasteiger partial charge in [0.25, 0.3) is 5.56 Å². The Balaban J connectivity index is 1.65. The Hall–Kier alpha value is -1.45. The second-order valence-electron chi connectivity index (χ2n) is 6.89. The van der Waals surface area contributed by atoms with E-state index in [0.29, 0.717) is 18.8 Å². The van der Waals surface area contributed by atoms with Crippen molar-refractivity contribution in [2.75, 3.05) is 13.2 Å². The van der Waals surface area contributed by atoms with Gasteiger partial charge in [-0.2, -0.15) is 14.1 Å². The van der Waals surface area contributed by atoms with Crippen LogP contribution < -0.4 is 5.56 Å². The van der Waals surface area contributed by atoms with E-state index < -0.39 is 15.6 Å². The van der Waals surface area contributed by atoms with Crippen LogP contribution in [0.5, 0.6) is 0 Å². The number of fused-ring (bicyclic) bond motifs is 1. The summed E-state index contributed by atoms with van der Waals surface area (Å²) in [5.41, 5.74) is -0.164. The smallest absolute Gasteiger partial charge is 0.291 e. The Morgan fingerprint density at radius 3 is 2.57 bits per heavy atom. The van der Waals surface area contributed by atoms with Crippen molar-refractivity contribution in [3.8, 4) is 5.69 Å². The first-order valence-electron chi connectivity index (χ1n) is 9.07. The summed E-state index contributed by atoms with van der Waals surface area (Å²) >= 11 is 11.7. The topological polar surface area (TPSA) is 81.5 Å². The molecule has 0 radical (unpaired) electrons. The van der Waals surface area contributed by atoms with Gasteiger partial charge in [-0.1, -0.05) is 36.0 Å². The zero-order valence-electron chi connectivity index (χ0n) is 14.9. The van der Waals surface area contributed by atoms with Crippen molar-refractivity contribution >= 4 is 33.2 Å². The number of aromatic nitrogens is 2. The van der Waals surface area contributed by atoms with Gasteiger partial charge in [0.05, 0.1) is 40.6 Å². The minimum absolute atomic E-state index is 0.0319. The van der Waals surface area contributed by atoms with E-state index >= 15 is 0 Å². The lowest BCUT2D eigenvalue weighted by Crippen LogP contribution is -2.54. The highest BCUT2D eigenvalue weighted by Gasteiger charge is 2.40. The molecule has 1 saturated heterocycles. The average Bonchev–Trinajstić information content (AvgIpc) is 2.72. The Morgan fingerprint density at radius 1 is 1.11 bits per heavy atom. The van der Waals surface area contributed by atoms with Crippen LogP contribution in [0.1, 0.15) is 25.7 Å². The van der Waals surface area contributed by atoms with Crippen LogP contribution in [0.3, 0.4) is 0 Å². The van der Waals surface area contributed by atoms with Crippen molar-refractivity contribution < 1.29 is 13.2 Å². The minimum Gasteiger partial charge on any atom is -0.375 e. The van der Waals surface area contributed by atoms with Crippen molar-refractivity contribution in [2.24, 2.45) is 0 Å². The van der Waals surface area contributed by atoms with E-state index in [4.69, 9.17) is 27.9 Å². The number of halogens is 2. The van der Waals surface area contributed by atoms with Gasteiger partial charge in [-0.25, -0.2) is 8.42 Å². The number of rotatable bonds is 3. The quantitative estimate of drug-likeness (QED) is 0.728. The van der Waals surface area contributed by atoms with Crippen LogP contribution in [-0.4, -0.2) is 47.8 Å². The molecule has 2 aromatic rings. The number of sulfonamides is 1. The van der Waals surface area contributed by atoms with Crippen LogP contribution in [0.2, 0.25) is 10.0 Å². The van der Waals surface area contributed by atoms with E-state index in [1.165, 1.54) is 30.5 Å². The van der Waals surface area contributed by atoms with E-state index in [2.05, 4.69) is 5.10 Å². The molecule has 10 heteroatoms. The monoisotopic (exact) mass is 443 g/mol. The molecular formula is C18H19Cl2N3O4S. The van der Waals surface area contributed by atoms with Crippen molar-refractivity contribution in [1.29, 1.82) is 0 Å². The van der Waals surface area contributed by atoms with E-state index in [1.807, 2.05) is 0 Å². The molecule has 2 atom stereocenters. The summed E-state index contributed by atoms with van der Waals surface area (Å²) in [7, 11) is -3.66. The maximum Gasteiger partial charge on any atom is 0.291 e. The molecule has 7 nitrogen and oxygen atoms in total. The van der Waals surface area contributed by atoms with Crippen LogP contribution in [-0.2, 0) is 14.8 Å². The Bertz CT molecular complexity index is 1040. The highest BCUT2D eigenvalue weighted by atomic mass is 35.5. The third kappa shape index (κ3) is 3.48. The number of ether oxygens (including phenoxy) is 1. The molecule has 1 aliphatic carbocycles. The van der Waals surface area contributed by atoms with Crippen LogP contribution in [0.4, 0.5) is 0 Å². The Labute approximate surface area is 172 Å². The second-order valence-corrected chi connectivity index (χ2v) is 9.57. The van der Waals surface area contributed by atoms with Crippen LogP contribution in [0, 0.1) is 0 Å². The van der Waals surface area contributed by atoms with Crippen LogP contribution in [0.25, 0.3) is 5.69 Å². The van der Waals surface area contributed by atoms with Gasteiger partial charge >= 0.3 is 0 Å². The maximum atomic E-state index is 13.2. The van der Waals surface area contributed by atoms with Gasteiger partial charge in [0, 0.05) is 6.54 Å². The summed E-state index contributed by atoms with van der Waals surface area (Å²) in [6.45, 7) is 0.750. The molecule has 1 aliphatic heterocycles. The van der Waals surface area contributed by atoms with Gasteiger partial charge in [-0.05, 0) is 37.1 Å². The summed E-state index contributed by atoms with van der Waals surface area (Å²) < 4.78 is 34.8. The van der Waals surface area contributed by atoms with Gasteiger partial charge in [0.15, 0.2) is 0 Å². The summed E-state index contributed by atoms with van der Waals surface area (Å²) in [6, 6.07) is 5.91. The second kappa shape index (κ2) is 7.76. The lowest BCUT2D eigenvalue weighted by molar-refractivity contribution is -0.0586. The molecule has 0 spiro atoms. The maximum absolute atomic E-state index is 13.2. The molecule has 2 fully saturated rings. The first-order valence-corrected chi connectivity index (χ1v) is 11.3. The normalized spacial score (nSPS) is 23.4. The number of nitrogens with zero attached hydrogens (tertiary/aromatic N) is 3. The molecule has 4 rings (SSSR count). The standard InChI is InChI=1S/C18H19Cl2N3O4S/c19-14-11-21-23(18(24)17(14)20)12-5-7-13(8-6-12)28(25,26)22-9-10-27-16-4-2-1-3-15(16)22/h5-8,11,15-16H,1-4,9-10H2/t15-,16+/m0/s1. The molecule has 0 unspecified atom stereocenters. The highest BCUT2D eigenvalue weighted by Crippen LogP contribution is 2.32. The molecule has 0 amide bonds. The van der Waals surface area contributed by atoms with E-state index in [0.717, 1.165) is 30.4 Å². The summed E-state index contributed by atoms with van der Waals surface area (Å²) in [5, 5.41) is 3.89. The molecule has 2 heterocycles. The van der Waals surface area contributed by atoms with Crippen molar-refractivity contribution in [3.63, 3.8) is 0 Å². The fourth-order valence-electron chi connectivity index (χ4n) is 3.85. The molecular weight excluding hydrogens is 425 g/mol. The molecule has 0 bridgehead atoms. The van der Waals surface area contributed by atoms with E-state index in [1.54, 1.807) is 4.31 Å². The summed E-state index contributed by atoms with van der Waals surface area (Å²) in [5.74, 6) is 0. The molecule has 1 aromatic carbocycles. The third-order valence-corrected chi connectivity index (χ3v) is 7.93. The highest BCUT2D eigenvalue weighted by molar-refractivity contribution is 7.89. The minimum atomic E-state index is -3.66. The number of morpholine rings is 1. The van der Waals surface area contributed by atoms with Crippen molar-refractivity contribution in [2.45, 2.75) is 42.7 Å². The summed E-state index contributed by atoms with van der Waals surface area (Å²) in [6.07, 6.45) is 5.01. The van der Waals surface area contributed by atoms with Crippen LogP contribution in [0.15, 0.2) is 40.2 Å². The lowest BCUT2D eigenvalue weighted by Gasteiger charge is -2.42. The molecule has 150 valence electrons. The number of benzene rings is 1. The Morgan fingerprint density at radius 2 is 1.82 bits per heavy atom.